The molecule has 0 aliphatic carbocycles. The molecule has 0 aromatic carbocycles. The molecule has 134 valence electrons. The lowest BCUT2D eigenvalue weighted by Crippen LogP contribution is -2.37. The zero-order valence-corrected chi connectivity index (χ0v) is 15.7. The zero-order chi connectivity index (χ0) is 18.4. The molecule has 0 saturated heterocycles. The molecule has 1 unspecified atom stereocenters. The van der Waals surface area contributed by atoms with Crippen LogP contribution in [0.1, 0.15) is 29.3 Å². The van der Waals surface area contributed by atoms with Crippen LogP contribution in [-0.2, 0) is 12.0 Å². The summed E-state index contributed by atoms with van der Waals surface area (Å²) in [7, 11) is 1.67. The van der Waals surface area contributed by atoms with Gasteiger partial charge in [-0.1, -0.05) is 18.5 Å². The number of nitrogens with zero attached hydrogens (tertiary/aromatic N) is 4. The number of halogens is 1. The Balaban J connectivity index is 2.04. The minimum Gasteiger partial charge on any atom is -0.496 e. The fraction of sp³-hybridized carbons (Fsp3) is 0.471. The van der Waals surface area contributed by atoms with Gasteiger partial charge in [0.15, 0.2) is 0 Å². The van der Waals surface area contributed by atoms with Gasteiger partial charge in [0.1, 0.15) is 16.7 Å². The van der Waals surface area contributed by atoms with Crippen molar-refractivity contribution in [3.8, 4) is 5.75 Å². The van der Waals surface area contributed by atoms with Gasteiger partial charge >= 0.3 is 0 Å². The second-order valence-electron chi connectivity index (χ2n) is 6.74. The van der Waals surface area contributed by atoms with E-state index >= 15 is 0 Å². The van der Waals surface area contributed by atoms with Gasteiger partial charge in [0.25, 0.3) is 0 Å². The highest BCUT2D eigenvalue weighted by Gasteiger charge is 2.42. The van der Waals surface area contributed by atoms with E-state index in [1.54, 1.807) is 7.11 Å². The summed E-state index contributed by atoms with van der Waals surface area (Å²) in [5, 5.41) is 0.365. The van der Waals surface area contributed by atoms with Crippen LogP contribution in [0.4, 0.5) is 11.8 Å². The maximum absolute atomic E-state index is 6.36. The molecule has 3 rings (SSSR count). The molecule has 1 aliphatic heterocycles. The van der Waals surface area contributed by atoms with Crippen LogP contribution in [0.3, 0.4) is 0 Å². The Morgan fingerprint density at radius 3 is 2.72 bits per heavy atom. The fourth-order valence-electron chi connectivity index (χ4n) is 3.47. The van der Waals surface area contributed by atoms with E-state index in [0.717, 1.165) is 34.0 Å². The third-order valence-electron chi connectivity index (χ3n) is 4.85. The molecule has 0 radical (unpaired) electrons. The highest BCUT2D eigenvalue weighted by molar-refractivity contribution is 6.30. The molecule has 0 saturated carbocycles. The van der Waals surface area contributed by atoms with Gasteiger partial charge in [-0.05, 0) is 13.8 Å². The highest BCUT2D eigenvalue weighted by Crippen LogP contribution is 2.43. The lowest BCUT2D eigenvalue weighted by Gasteiger charge is -2.24. The number of nitrogen functional groups attached to an aromatic ring is 1. The molecule has 0 amide bonds. The van der Waals surface area contributed by atoms with Gasteiger partial charge in [0, 0.05) is 41.4 Å². The van der Waals surface area contributed by atoms with Crippen LogP contribution >= 0.6 is 11.6 Å². The van der Waals surface area contributed by atoms with Crippen molar-refractivity contribution in [1.29, 1.82) is 0 Å². The summed E-state index contributed by atoms with van der Waals surface area (Å²) in [6.45, 7) is 7.73. The third kappa shape index (κ3) is 2.87. The number of nitrogens with two attached hydrogens (primary N) is 2. The van der Waals surface area contributed by atoms with E-state index in [4.69, 9.17) is 27.8 Å². The summed E-state index contributed by atoms with van der Waals surface area (Å²) < 4.78 is 5.51. The second-order valence-corrected chi connectivity index (χ2v) is 7.10. The molecule has 8 heteroatoms. The van der Waals surface area contributed by atoms with E-state index in [1.165, 1.54) is 0 Å². The van der Waals surface area contributed by atoms with Crippen molar-refractivity contribution in [3.63, 3.8) is 0 Å². The van der Waals surface area contributed by atoms with Gasteiger partial charge in [0.2, 0.25) is 5.95 Å². The average molecular weight is 363 g/mol. The van der Waals surface area contributed by atoms with Gasteiger partial charge in [-0.3, -0.25) is 4.98 Å². The second kappa shape index (κ2) is 6.31. The maximum atomic E-state index is 6.36. The molecule has 0 bridgehead atoms. The number of ether oxygens (including phenoxy) is 1. The van der Waals surface area contributed by atoms with Crippen molar-refractivity contribution in [3.05, 3.63) is 33.7 Å². The Bertz CT molecular complexity index is 827. The van der Waals surface area contributed by atoms with Crippen molar-refractivity contribution < 1.29 is 4.74 Å². The van der Waals surface area contributed by atoms with Crippen LogP contribution in [0.25, 0.3) is 0 Å². The van der Waals surface area contributed by atoms with E-state index in [0.29, 0.717) is 24.8 Å². The molecule has 3 heterocycles. The first-order chi connectivity index (χ1) is 11.8. The number of hydrogen-bond donors (Lipinski definition) is 2. The molecule has 0 spiro atoms. The number of hydrogen-bond acceptors (Lipinski definition) is 7. The molecule has 2 aromatic heterocycles. The van der Waals surface area contributed by atoms with Gasteiger partial charge in [-0.25, -0.2) is 4.98 Å². The van der Waals surface area contributed by atoms with Crippen molar-refractivity contribution in [2.24, 2.45) is 5.73 Å². The molecule has 1 aliphatic rings. The predicted molar refractivity (Wildman–Crippen MR) is 99.2 cm³/mol. The van der Waals surface area contributed by atoms with E-state index in [1.807, 2.05) is 20.0 Å². The minimum atomic E-state index is -0.331. The molecular weight excluding hydrogens is 340 g/mol. The average Bonchev–Trinajstić information content (AvgIpc) is 2.83. The summed E-state index contributed by atoms with van der Waals surface area (Å²) in [5.74, 6) is 1.73. The Labute approximate surface area is 152 Å². The van der Waals surface area contributed by atoms with Gasteiger partial charge in [-0.2, -0.15) is 4.98 Å². The van der Waals surface area contributed by atoms with Crippen molar-refractivity contribution >= 4 is 23.4 Å². The number of aryl methyl sites for hydroxylation is 1. The van der Waals surface area contributed by atoms with E-state index < -0.39 is 0 Å². The van der Waals surface area contributed by atoms with Crippen molar-refractivity contribution in [2.75, 3.05) is 30.8 Å². The first kappa shape index (κ1) is 17.7. The Morgan fingerprint density at radius 1 is 1.36 bits per heavy atom. The Morgan fingerprint density at radius 2 is 2.08 bits per heavy atom. The van der Waals surface area contributed by atoms with Crippen LogP contribution in [0.15, 0.2) is 6.20 Å². The number of fused-ring (bicyclic) bond motifs is 1. The van der Waals surface area contributed by atoms with Crippen LogP contribution in [0, 0.1) is 13.8 Å². The molecule has 25 heavy (non-hydrogen) atoms. The monoisotopic (exact) mass is 362 g/mol. The Kier molecular flexibility index (Phi) is 4.47. The van der Waals surface area contributed by atoms with Crippen LogP contribution < -0.4 is 21.1 Å². The van der Waals surface area contributed by atoms with Gasteiger partial charge < -0.3 is 21.1 Å². The smallest absolute Gasteiger partial charge is 0.223 e. The molecule has 2 aromatic rings. The SMILES string of the molecule is COc1c(C)cnc(CN2CC(C)(CN)c3c(Cl)nc(N)nc32)c1C. The number of pyridine rings is 1. The molecular formula is C17H23ClN6O. The third-order valence-corrected chi connectivity index (χ3v) is 5.12. The summed E-state index contributed by atoms with van der Waals surface area (Å²) in [4.78, 5) is 15.2. The van der Waals surface area contributed by atoms with Crippen molar-refractivity contribution in [2.45, 2.75) is 32.7 Å². The first-order valence-corrected chi connectivity index (χ1v) is 8.46. The highest BCUT2D eigenvalue weighted by atomic mass is 35.5. The number of aromatic nitrogens is 3. The minimum absolute atomic E-state index is 0.154. The van der Waals surface area contributed by atoms with Crippen LogP contribution in [0.5, 0.6) is 5.75 Å². The maximum Gasteiger partial charge on any atom is 0.223 e. The standard InChI is InChI=1S/C17H23ClN6O/c1-9-5-21-11(10(2)13(9)25-4)6-24-8-17(3,7-19)12-14(18)22-16(20)23-15(12)24/h5H,6-8,19H2,1-4H3,(H2,20,22,23). The molecule has 7 nitrogen and oxygen atoms in total. The molecule has 4 N–H and O–H groups in total. The molecule has 0 fully saturated rings. The lowest BCUT2D eigenvalue weighted by atomic mass is 9.86. The Hall–Kier alpha value is -2.12. The van der Waals surface area contributed by atoms with Crippen LogP contribution in [0.2, 0.25) is 5.15 Å². The summed E-state index contributed by atoms with van der Waals surface area (Å²) in [5.41, 5.74) is 15.3. The van der Waals surface area contributed by atoms with E-state index in [9.17, 15) is 0 Å². The largest absolute Gasteiger partial charge is 0.496 e. The number of anilines is 2. The van der Waals surface area contributed by atoms with Crippen LogP contribution in [-0.4, -0.2) is 35.2 Å². The van der Waals surface area contributed by atoms with E-state index in [-0.39, 0.29) is 11.4 Å². The zero-order valence-electron chi connectivity index (χ0n) is 14.9. The quantitative estimate of drug-likeness (QED) is 0.801. The first-order valence-electron chi connectivity index (χ1n) is 8.08. The predicted octanol–water partition coefficient (Wildman–Crippen LogP) is 1.97. The number of methoxy groups -OCH3 is 1. The summed E-state index contributed by atoms with van der Waals surface area (Å²) in [6, 6.07) is 0. The summed E-state index contributed by atoms with van der Waals surface area (Å²) in [6.07, 6.45) is 1.82. The summed E-state index contributed by atoms with van der Waals surface area (Å²) >= 11 is 6.36. The van der Waals surface area contributed by atoms with E-state index in [2.05, 4.69) is 26.8 Å². The lowest BCUT2D eigenvalue weighted by molar-refractivity contribution is 0.406. The number of rotatable bonds is 4. The normalized spacial score (nSPS) is 19.2. The van der Waals surface area contributed by atoms with Gasteiger partial charge in [0.05, 0.1) is 19.3 Å². The fourth-order valence-corrected chi connectivity index (χ4v) is 3.87. The van der Waals surface area contributed by atoms with Gasteiger partial charge in [-0.15, -0.1) is 0 Å². The topological polar surface area (TPSA) is 103 Å². The van der Waals surface area contributed by atoms with Crippen molar-refractivity contribution in [1.82, 2.24) is 15.0 Å². The molecule has 1 atom stereocenters.